The molecule has 2 saturated heterocycles. The number of nitrogens with zero attached hydrogens (tertiary/aromatic N) is 2. The Morgan fingerprint density at radius 1 is 1.55 bits per heavy atom. The molecule has 4 rings (SSSR count). The van der Waals surface area contributed by atoms with E-state index in [1.807, 2.05) is 6.92 Å². The maximum atomic E-state index is 12.2. The van der Waals surface area contributed by atoms with E-state index in [9.17, 15) is 4.79 Å². The van der Waals surface area contributed by atoms with Crippen molar-refractivity contribution in [3.8, 4) is 0 Å². The van der Waals surface area contributed by atoms with Crippen molar-refractivity contribution in [3.63, 3.8) is 0 Å². The number of aromatic nitrogens is 2. The molecule has 3 aliphatic rings. The average Bonchev–Trinajstić information content (AvgIpc) is 3.17. The van der Waals surface area contributed by atoms with Gasteiger partial charge in [-0.2, -0.15) is 18.5 Å². The van der Waals surface area contributed by atoms with Gasteiger partial charge in [0.1, 0.15) is 12.0 Å². The Morgan fingerprint density at radius 2 is 2.29 bits per heavy atom. The molecule has 0 radical (unpaired) electrons. The minimum atomic E-state index is -2.52. The normalized spacial score (nSPS) is 39.6. The van der Waals surface area contributed by atoms with Gasteiger partial charge in [0.05, 0.1) is 18.3 Å². The molecule has 0 aromatic carbocycles. The first kappa shape index (κ1) is 25.3. The Kier molecular flexibility index (Phi) is 7.74. The molecule has 7 nitrogen and oxygen atoms in total. The number of anilines is 1. The van der Waals surface area contributed by atoms with E-state index in [0.29, 0.717) is 12.3 Å². The number of ether oxygens (including phenoxy) is 1. The first-order chi connectivity index (χ1) is 14.1. The van der Waals surface area contributed by atoms with E-state index < -0.39 is 17.6 Å². The molecule has 0 amide bonds. The fourth-order valence-electron chi connectivity index (χ4n) is 4.59. The molecular formula is C20H32N3O4PS3. The van der Waals surface area contributed by atoms with Crippen LogP contribution in [0.2, 0.25) is 0 Å². The van der Waals surface area contributed by atoms with Gasteiger partial charge in [-0.15, -0.1) is 0 Å². The second kappa shape index (κ2) is 9.49. The van der Waals surface area contributed by atoms with E-state index in [4.69, 9.17) is 31.3 Å². The predicted octanol–water partition coefficient (Wildman–Crippen LogP) is 4.51. The molecule has 2 aliphatic heterocycles. The van der Waals surface area contributed by atoms with E-state index in [-0.39, 0.29) is 42.4 Å². The first-order valence-electron chi connectivity index (χ1n) is 10.5. The van der Waals surface area contributed by atoms with E-state index in [1.54, 1.807) is 23.6 Å². The molecule has 7 atom stereocenters. The molecule has 174 valence electrons. The van der Waals surface area contributed by atoms with Crippen LogP contribution >= 0.6 is 30.6 Å². The van der Waals surface area contributed by atoms with Gasteiger partial charge in [0, 0.05) is 17.4 Å². The van der Waals surface area contributed by atoms with Crippen LogP contribution in [0.15, 0.2) is 29.2 Å². The molecule has 0 spiro atoms. The lowest BCUT2D eigenvalue weighted by Gasteiger charge is -2.37. The molecular weight excluding hydrogens is 473 g/mol. The minimum absolute atomic E-state index is 0. The summed E-state index contributed by atoms with van der Waals surface area (Å²) in [6.45, 7) is 10.5. The van der Waals surface area contributed by atoms with Gasteiger partial charge in [-0.1, -0.05) is 30.5 Å². The summed E-state index contributed by atoms with van der Waals surface area (Å²) in [4.78, 5) is 16.0. The fourth-order valence-corrected chi connectivity index (χ4v) is 12.2. The Hall–Kier alpha value is -0.350. The summed E-state index contributed by atoms with van der Waals surface area (Å²) in [5.74, 6) is 0.682. The maximum absolute atomic E-state index is 12.2. The highest BCUT2D eigenvalue weighted by molar-refractivity contribution is 8.68. The van der Waals surface area contributed by atoms with Crippen molar-refractivity contribution in [2.45, 2.75) is 82.2 Å². The van der Waals surface area contributed by atoms with Gasteiger partial charge in [-0.05, 0) is 63.3 Å². The van der Waals surface area contributed by atoms with Crippen molar-refractivity contribution in [3.05, 3.63) is 34.9 Å². The van der Waals surface area contributed by atoms with Crippen LogP contribution in [0.1, 0.15) is 59.1 Å². The second-order valence-electron chi connectivity index (χ2n) is 8.72. The van der Waals surface area contributed by atoms with Gasteiger partial charge < -0.3 is 19.5 Å². The van der Waals surface area contributed by atoms with Crippen LogP contribution in [0, 0.1) is 5.92 Å². The lowest BCUT2D eigenvalue weighted by Crippen LogP contribution is -2.39. The van der Waals surface area contributed by atoms with Crippen LogP contribution in [0.5, 0.6) is 0 Å². The monoisotopic (exact) mass is 505 g/mol. The van der Waals surface area contributed by atoms with Crippen molar-refractivity contribution in [1.29, 1.82) is 0 Å². The van der Waals surface area contributed by atoms with Crippen molar-refractivity contribution < 1.29 is 13.8 Å². The van der Waals surface area contributed by atoms with Crippen molar-refractivity contribution in [2.75, 3.05) is 5.73 Å². The molecule has 3 fully saturated rings. The lowest BCUT2D eigenvalue weighted by atomic mass is 9.77. The maximum Gasteiger partial charge on any atom is 0.351 e. The highest BCUT2D eigenvalue weighted by atomic mass is 32.9. The third-order valence-electron chi connectivity index (χ3n) is 6.45. The van der Waals surface area contributed by atoms with Gasteiger partial charge in [0.2, 0.25) is 5.69 Å². The number of hydrogen-bond donors (Lipinski definition) is 1. The highest BCUT2D eigenvalue weighted by Crippen LogP contribution is 2.76. The number of nitrogens with two attached hydrogens (primary N) is 1. The molecule has 1 saturated carbocycles. The van der Waals surface area contributed by atoms with Gasteiger partial charge in [-0.25, -0.2) is 4.79 Å². The quantitative estimate of drug-likeness (QED) is 0.462. The molecule has 1 aromatic heterocycles. The minimum Gasteiger partial charge on any atom is -0.383 e. The van der Waals surface area contributed by atoms with Gasteiger partial charge in [0.25, 0.3) is 0 Å². The summed E-state index contributed by atoms with van der Waals surface area (Å²) in [6.07, 6.45) is 5.31. The van der Waals surface area contributed by atoms with E-state index in [2.05, 4.69) is 25.4 Å². The van der Waals surface area contributed by atoms with Crippen LogP contribution in [-0.2, 0) is 25.6 Å². The smallest absolute Gasteiger partial charge is 0.351 e. The summed E-state index contributed by atoms with van der Waals surface area (Å²) in [7, 11) is 0. The number of hydrogen-bond acceptors (Lipinski definition) is 8. The van der Waals surface area contributed by atoms with Crippen molar-refractivity contribution in [1.82, 2.24) is 9.55 Å². The Balaban J connectivity index is 0.00000272. The average molecular weight is 506 g/mol. The summed E-state index contributed by atoms with van der Waals surface area (Å²) >= 11 is 7.66. The third-order valence-corrected chi connectivity index (χ3v) is 12.2. The standard InChI is InChI=1S/C20H30N3O4PS2.H2S/c1-5-14-15(11-18(25-14)23-9-7-17(21)22-19(23)24)26-28(29)27-16-10-13(12(2)3)6-8-20(16,4)30-28;/h7,9,13-16,18H,2,5-6,8,10-11H2,1,3-4H3,(H2,21,22,24);1H2/t13-,14+,15-,16+,18+,20+,28-;/m0./s1. The summed E-state index contributed by atoms with van der Waals surface area (Å²) in [5, 5.41) is 0. The van der Waals surface area contributed by atoms with Crippen LogP contribution in [-0.4, -0.2) is 32.6 Å². The van der Waals surface area contributed by atoms with Crippen LogP contribution in [0.25, 0.3) is 0 Å². The molecule has 11 heteroatoms. The summed E-state index contributed by atoms with van der Waals surface area (Å²) in [6, 6.07) is 1.60. The Labute approximate surface area is 199 Å². The molecule has 1 aliphatic carbocycles. The molecule has 0 bridgehead atoms. The van der Waals surface area contributed by atoms with E-state index in [0.717, 1.165) is 25.7 Å². The topological polar surface area (TPSA) is 88.6 Å². The van der Waals surface area contributed by atoms with Gasteiger partial charge in [0.15, 0.2) is 0 Å². The SMILES string of the molecule is C=C(C)[C@H]1CC[C@@]2(C)S[P@@](=S)(O[C@H]3C[C@H](n4ccc(N)nc4=O)O[C@@H]3CC)O[C@@H]2C1.S. The number of nitrogen functional groups attached to an aromatic ring is 1. The molecule has 2 N–H and O–H groups in total. The van der Waals surface area contributed by atoms with Crippen LogP contribution in [0.3, 0.4) is 0 Å². The zero-order valence-corrected chi connectivity index (χ0v) is 21.7. The lowest BCUT2D eigenvalue weighted by molar-refractivity contribution is -0.0186. The van der Waals surface area contributed by atoms with Gasteiger partial charge >= 0.3 is 5.69 Å². The first-order valence-corrected chi connectivity index (χ1v) is 14.5. The van der Waals surface area contributed by atoms with E-state index >= 15 is 0 Å². The zero-order chi connectivity index (χ0) is 21.7. The van der Waals surface area contributed by atoms with E-state index in [1.165, 1.54) is 10.1 Å². The fraction of sp³-hybridized carbons (Fsp3) is 0.700. The number of rotatable bonds is 5. The Bertz CT molecular complexity index is 944. The Morgan fingerprint density at radius 3 is 2.94 bits per heavy atom. The van der Waals surface area contributed by atoms with Crippen molar-refractivity contribution >= 4 is 48.2 Å². The summed E-state index contributed by atoms with van der Waals surface area (Å²) < 4.78 is 20.5. The molecule has 31 heavy (non-hydrogen) atoms. The molecule has 3 heterocycles. The van der Waals surface area contributed by atoms with Crippen molar-refractivity contribution in [2.24, 2.45) is 5.92 Å². The predicted molar refractivity (Wildman–Crippen MR) is 134 cm³/mol. The highest BCUT2D eigenvalue weighted by Gasteiger charge is 2.54. The third kappa shape index (κ3) is 5.10. The second-order valence-corrected chi connectivity index (χ2v) is 15.3. The largest absolute Gasteiger partial charge is 0.383 e. The molecule has 1 aromatic rings. The summed E-state index contributed by atoms with van der Waals surface area (Å²) in [5.41, 5.74) is 3.88. The van der Waals surface area contributed by atoms with Crippen LogP contribution < -0.4 is 11.4 Å². The number of fused-ring (bicyclic) bond motifs is 1. The zero-order valence-electron chi connectivity index (χ0n) is 18.2. The number of allylic oxidation sites excluding steroid dienone is 1. The van der Waals surface area contributed by atoms with Crippen LogP contribution in [0.4, 0.5) is 5.82 Å². The molecule has 0 unspecified atom stereocenters. The van der Waals surface area contributed by atoms with Gasteiger partial charge in [-0.3, -0.25) is 4.57 Å².